The maximum Gasteiger partial charge on any atom is 0.254 e. The standard InChI is InChI=1S/C17H25N5O2/c1-20(2)17(21(3)4)19-11-13-5-7-14(8-6-13)16(24)22-10-9-18-15(23)12-22/h5-8H,9-12H2,1-4H3,(H,18,23). The van der Waals surface area contributed by atoms with Gasteiger partial charge in [-0.2, -0.15) is 0 Å². The fourth-order valence-corrected chi connectivity index (χ4v) is 2.59. The van der Waals surface area contributed by atoms with Gasteiger partial charge in [0.05, 0.1) is 13.1 Å². The minimum absolute atomic E-state index is 0.109. The van der Waals surface area contributed by atoms with Crippen LogP contribution in [0.4, 0.5) is 0 Å². The monoisotopic (exact) mass is 331 g/mol. The maximum absolute atomic E-state index is 12.4. The molecule has 0 spiro atoms. The number of nitrogens with one attached hydrogen (secondary N) is 1. The first kappa shape index (κ1) is 17.8. The first-order valence-electron chi connectivity index (χ1n) is 7.92. The highest BCUT2D eigenvalue weighted by atomic mass is 16.2. The average molecular weight is 331 g/mol. The molecule has 0 saturated carbocycles. The third-order valence-corrected chi connectivity index (χ3v) is 3.73. The molecule has 1 fully saturated rings. The number of hydrogen-bond acceptors (Lipinski definition) is 3. The van der Waals surface area contributed by atoms with Gasteiger partial charge < -0.3 is 20.0 Å². The van der Waals surface area contributed by atoms with Crippen molar-refractivity contribution in [2.24, 2.45) is 4.99 Å². The van der Waals surface area contributed by atoms with Crippen molar-refractivity contribution < 1.29 is 9.59 Å². The number of piperazine rings is 1. The minimum atomic E-state index is -0.111. The lowest BCUT2D eigenvalue weighted by atomic mass is 10.1. The highest BCUT2D eigenvalue weighted by molar-refractivity contribution is 5.97. The molecule has 0 unspecified atom stereocenters. The number of benzene rings is 1. The number of rotatable bonds is 3. The van der Waals surface area contributed by atoms with Crippen molar-refractivity contribution >= 4 is 17.8 Å². The summed E-state index contributed by atoms with van der Waals surface area (Å²) in [7, 11) is 7.81. The van der Waals surface area contributed by atoms with E-state index in [4.69, 9.17) is 0 Å². The lowest BCUT2D eigenvalue weighted by Crippen LogP contribution is -2.49. The zero-order valence-electron chi connectivity index (χ0n) is 14.7. The Labute approximate surface area is 142 Å². The van der Waals surface area contributed by atoms with Gasteiger partial charge in [-0.25, -0.2) is 4.99 Å². The Bertz CT molecular complexity index is 612. The van der Waals surface area contributed by atoms with Crippen LogP contribution in [0.5, 0.6) is 0 Å². The van der Waals surface area contributed by atoms with E-state index in [-0.39, 0.29) is 18.4 Å². The van der Waals surface area contributed by atoms with Crippen molar-refractivity contribution in [1.29, 1.82) is 0 Å². The molecule has 0 aliphatic carbocycles. The second-order valence-electron chi connectivity index (χ2n) is 6.18. The van der Waals surface area contributed by atoms with Crippen LogP contribution >= 0.6 is 0 Å². The molecule has 1 aliphatic rings. The van der Waals surface area contributed by atoms with Crippen LogP contribution in [0.15, 0.2) is 29.3 Å². The number of hydrogen-bond donors (Lipinski definition) is 1. The predicted molar refractivity (Wildman–Crippen MR) is 93.9 cm³/mol. The molecule has 1 saturated heterocycles. The van der Waals surface area contributed by atoms with E-state index in [2.05, 4.69) is 10.3 Å². The van der Waals surface area contributed by atoms with Gasteiger partial charge in [-0.15, -0.1) is 0 Å². The molecule has 0 aromatic heterocycles. The highest BCUT2D eigenvalue weighted by Gasteiger charge is 2.22. The van der Waals surface area contributed by atoms with Crippen molar-refractivity contribution in [3.63, 3.8) is 0 Å². The summed E-state index contributed by atoms with van der Waals surface area (Å²) in [6.45, 7) is 1.73. The van der Waals surface area contributed by atoms with Crippen molar-refractivity contribution in [2.75, 3.05) is 47.8 Å². The van der Waals surface area contributed by atoms with E-state index in [9.17, 15) is 9.59 Å². The van der Waals surface area contributed by atoms with E-state index >= 15 is 0 Å². The van der Waals surface area contributed by atoms with Gasteiger partial charge in [-0.05, 0) is 17.7 Å². The van der Waals surface area contributed by atoms with E-state index in [0.29, 0.717) is 25.2 Å². The molecule has 0 radical (unpaired) electrons. The van der Waals surface area contributed by atoms with E-state index in [1.807, 2.05) is 50.1 Å². The molecule has 1 aliphatic heterocycles. The number of amides is 2. The van der Waals surface area contributed by atoms with Gasteiger partial charge in [-0.1, -0.05) is 12.1 Å². The van der Waals surface area contributed by atoms with E-state index in [0.717, 1.165) is 11.5 Å². The summed E-state index contributed by atoms with van der Waals surface area (Å²) in [5, 5.41) is 2.72. The van der Waals surface area contributed by atoms with Crippen LogP contribution in [0, 0.1) is 0 Å². The van der Waals surface area contributed by atoms with Gasteiger partial charge >= 0.3 is 0 Å². The maximum atomic E-state index is 12.4. The van der Waals surface area contributed by atoms with Gasteiger partial charge in [0.25, 0.3) is 5.91 Å². The minimum Gasteiger partial charge on any atom is -0.353 e. The molecule has 0 atom stereocenters. The number of guanidine groups is 1. The number of carbonyl (C=O) groups is 2. The van der Waals surface area contributed by atoms with Gasteiger partial charge in [0.15, 0.2) is 5.96 Å². The lowest BCUT2D eigenvalue weighted by molar-refractivity contribution is -0.123. The van der Waals surface area contributed by atoms with Crippen LogP contribution in [-0.4, -0.2) is 80.3 Å². The topological polar surface area (TPSA) is 68.2 Å². The zero-order valence-corrected chi connectivity index (χ0v) is 14.7. The van der Waals surface area contributed by atoms with Crippen LogP contribution in [-0.2, 0) is 11.3 Å². The molecule has 1 aromatic carbocycles. The van der Waals surface area contributed by atoms with Crippen LogP contribution in [0.2, 0.25) is 0 Å². The smallest absolute Gasteiger partial charge is 0.254 e. The second kappa shape index (κ2) is 7.81. The Morgan fingerprint density at radius 1 is 1.17 bits per heavy atom. The first-order valence-corrected chi connectivity index (χ1v) is 7.92. The molecule has 1 N–H and O–H groups in total. The van der Waals surface area contributed by atoms with E-state index in [1.54, 1.807) is 17.0 Å². The number of carbonyl (C=O) groups excluding carboxylic acids is 2. The molecular weight excluding hydrogens is 306 g/mol. The molecule has 2 amide bonds. The Hall–Kier alpha value is -2.57. The summed E-state index contributed by atoms with van der Waals surface area (Å²) in [6, 6.07) is 7.41. The van der Waals surface area contributed by atoms with Crippen molar-refractivity contribution in [3.8, 4) is 0 Å². The van der Waals surface area contributed by atoms with Crippen LogP contribution in [0.25, 0.3) is 0 Å². The van der Waals surface area contributed by atoms with Gasteiger partial charge in [0.1, 0.15) is 0 Å². The van der Waals surface area contributed by atoms with E-state index in [1.165, 1.54) is 0 Å². The quantitative estimate of drug-likeness (QED) is 0.636. The van der Waals surface area contributed by atoms with Crippen LogP contribution < -0.4 is 5.32 Å². The average Bonchev–Trinajstić information content (AvgIpc) is 2.54. The SMILES string of the molecule is CN(C)C(=NCc1ccc(C(=O)N2CCNC(=O)C2)cc1)N(C)C. The molecule has 7 nitrogen and oxygen atoms in total. The predicted octanol–water partition coefficient (Wildman–Crippen LogP) is 0.238. The third kappa shape index (κ3) is 4.47. The number of aliphatic imine (C=N–C) groups is 1. The molecule has 0 bridgehead atoms. The molecule has 130 valence electrons. The third-order valence-electron chi connectivity index (χ3n) is 3.73. The first-order chi connectivity index (χ1) is 11.4. The Balaban J connectivity index is 2.03. The van der Waals surface area contributed by atoms with E-state index < -0.39 is 0 Å². The summed E-state index contributed by atoms with van der Waals surface area (Å²) in [5.74, 6) is 0.664. The van der Waals surface area contributed by atoms with Crippen molar-refractivity contribution in [1.82, 2.24) is 20.0 Å². The zero-order chi connectivity index (χ0) is 17.7. The summed E-state index contributed by atoms with van der Waals surface area (Å²) in [6.07, 6.45) is 0. The van der Waals surface area contributed by atoms with Gasteiger partial charge in [-0.3, -0.25) is 9.59 Å². The second-order valence-corrected chi connectivity index (χ2v) is 6.18. The Morgan fingerprint density at radius 2 is 1.79 bits per heavy atom. The largest absolute Gasteiger partial charge is 0.353 e. The summed E-state index contributed by atoms with van der Waals surface area (Å²) < 4.78 is 0. The molecular formula is C17H25N5O2. The molecule has 24 heavy (non-hydrogen) atoms. The van der Waals surface area contributed by atoms with Crippen LogP contribution in [0.1, 0.15) is 15.9 Å². The summed E-state index contributed by atoms with van der Waals surface area (Å²) in [5.41, 5.74) is 1.63. The van der Waals surface area contributed by atoms with Crippen LogP contribution in [0.3, 0.4) is 0 Å². The fraction of sp³-hybridized carbons (Fsp3) is 0.471. The van der Waals surface area contributed by atoms with Crippen molar-refractivity contribution in [3.05, 3.63) is 35.4 Å². The van der Waals surface area contributed by atoms with Gasteiger partial charge in [0, 0.05) is 46.8 Å². The lowest BCUT2D eigenvalue weighted by Gasteiger charge is -2.26. The summed E-state index contributed by atoms with van der Waals surface area (Å²) in [4.78, 5) is 33.9. The van der Waals surface area contributed by atoms with Crippen molar-refractivity contribution in [2.45, 2.75) is 6.54 Å². The molecule has 1 heterocycles. The Morgan fingerprint density at radius 3 is 2.33 bits per heavy atom. The molecule has 7 heteroatoms. The molecule has 2 rings (SSSR count). The fourth-order valence-electron chi connectivity index (χ4n) is 2.59. The number of nitrogens with zero attached hydrogens (tertiary/aromatic N) is 4. The molecule has 1 aromatic rings. The normalized spacial score (nSPS) is 14.0. The Kier molecular flexibility index (Phi) is 5.78. The highest BCUT2D eigenvalue weighted by Crippen LogP contribution is 2.10. The van der Waals surface area contributed by atoms with Gasteiger partial charge in [0.2, 0.25) is 5.91 Å². The summed E-state index contributed by atoms with van der Waals surface area (Å²) >= 11 is 0.